The number of ether oxygens (including phenoxy) is 1. The van der Waals surface area contributed by atoms with Gasteiger partial charge in [0.25, 0.3) is 0 Å². The van der Waals surface area contributed by atoms with Crippen LogP contribution in [0, 0.1) is 5.82 Å². The first-order chi connectivity index (χ1) is 7.19. The van der Waals surface area contributed by atoms with E-state index in [1.165, 1.54) is 6.07 Å². The van der Waals surface area contributed by atoms with E-state index in [-0.39, 0.29) is 12.4 Å². The van der Waals surface area contributed by atoms with E-state index in [4.69, 9.17) is 16.2 Å². The standard InChI is InChI=1S/C11H17FN2O/c1-2-5-15-8-3-4-9(10(12)6-8)11(14)7-13/h3-4,6,11H,2,5,7,13-14H2,1H3. The lowest BCUT2D eigenvalue weighted by Crippen LogP contribution is -2.21. The van der Waals surface area contributed by atoms with Gasteiger partial charge >= 0.3 is 0 Å². The van der Waals surface area contributed by atoms with Crippen molar-refractivity contribution in [3.8, 4) is 5.75 Å². The highest BCUT2D eigenvalue weighted by Crippen LogP contribution is 2.20. The van der Waals surface area contributed by atoms with Crippen LogP contribution in [-0.2, 0) is 0 Å². The highest BCUT2D eigenvalue weighted by Gasteiger charge is 2.10. The molecule has 0 aromatic heterocycles. The second kappa shape index (κ2) is 5.68. The Balaban J connectivity index is 2.78. The molecular formula is C11H17FN2O. The van der Waals surface area contributed by atoms with E-state index in [1.807, 2.05) is 6.92 Å². The third kappa shape index (κ3) is 3.18. The summed E-state index contributed by atoms with van der Waals surface area (Å²) in [6.07, 6.45) is 0.895. The first-order valence-electron chi connectivity index (χ1n) is 5.07. The summed E-state index contributed by atoms with van der Waals surface area (Å²) in [6, 6.07) is 4.23. The smallest absolute Gasteiger partial charge is 0.131 e. The average molecular weight is 212 g/mol. The molecule has 0 saturated carbocycles. The third-order valence-electron chi connectivity index (χ3n) is 2.10. The van der Waals surface area contributed by atoms with E-state index >= 15 is 0 Å². The zero-order valence-corrected chi connectivity index (χ0v) is 8.87. The molecule has 0 aliphatic carbocycles. The first-order valence-corrected chi connectivity index (χ1v) is 5.07. The molecule has 4 N–H and O–H groups in total. The molecule has 3 nitrogen and oxygen atoms in total. The maximum Gasteiger partial charge on any atom is 0.131 e. The van der Waals surface area contributed by atoms with Crippen LogP contribution in [0.3, 0.4) is 0 Å². The molecule has 1 atom stereocenters. The van der Waals surface area contributed by atoms with Crippen molar-refractivity contribution in [2.75, 3.05) is 13.2 Å². The van der Waals surface area contributed by atoms with Crippen LogP contribution in [0.25, 0.3) is 0 Å². The normalized spacial score (nSPS) is 12.5. The number of hydrogen-bond acceptors (Lipinski definition) is 3. The van der Waals surface area contributed by atoms with E-state index in [2.05, 4.69) is 0 Å². The molecule has 0 saturated heterocycles. The second-order valence-electron chi connectivity index (χ2n) is 3.37. The van der Waals surface area contributed by atoms with Gasteiger partial charge in [0.2, 0.25) is 0 Å². The van der Waals surface area contributed by atoms with Gasteiger partial charge in [-0.15, -0.1) is 0 Å². The van der Waals surface area contributed by atoms with Crippen LogP contribution in [0.1, 0.15) is 24.9 Å². The summed E-state index contributed by atoms with van der Waals surface area (Å²) in [5, 5.41) is 0. The fourth-order valence-corrected chi connectivity index (χ4v) is 1.25. The van der Waals surface area contributed by atoms with Gasteiger partial charge in [-0.1, -0.05) is 13.0 Å². The molecule has 84 valence electrons. The maximum absolute atomic E-state index is 13.5. The maximum atomic E-state index is 13.5. The first kappa shape index (κ1) is 11.9. The summed E-state index contributed by atoms with van der Waals surface area (Å²) in [5.74, 6) is 0.170. The van der Waals surface area contributed by atoms with E-state index in [0.717, 1.165) is 6.42 Å². The largest absolute Gasteiger partial charge is 0.494 e. The molecule has 0 aliphatic heterocycles. The summed E-state index contributed by atoms with van der Waals surface area (Å²) in [4.78, 5) is 0. The summed E-state index contributed by atoms with van der Waals surface area (Å²) in [5.41, 5.74) is 11.4. The van der Waals surface area contributed by atoms with Gasteiger partial charge in [-0.25, -0.2) is 4.39 Å². The summed E-state index contributed by atoms with van der Waals surface area (Å²) in [7, 11) is 0. The van der Waals surface area contributed by atoms with Crippen LogP contribution < -0.4 is 16.2 Å². The number of halogens is 1. The molecule has 0 fully saturated rings. The van der Waals surface area contributed by atoms with Crippen LogP contribution in [0.15, 0.2) is 18.2 Å². The Morgan fingerprint density at radius 1 is 1.47 bits per heavy atom. The fourth-order valence-electron chi connectivity index (χ4n) is 1.25. The van der Waals surface area contributed by atoms with E-state index in [0.29, 0.717) is 17.9 Å². The van der Waals surface area contributed by atoms with Crippen molar-refractivity contribution >= 4 is 0 Å². The van der Waals surface area contributed by atoms with E-state index in [9.17, 15) is 4.39 Å². The van der Waals surface area contributed by atoms with Crippen LogP contribution in [-0.4, -0.2) is 13.2 Å². The minimum Gasteiger partial charge on any atom is -0.494 e. The number of nitrogens with two attached hydrogens (primary N) is 2. The summed E-state index contributed by atoms with van der Waals surface area (Å²) < 4.78 is 18.8. The zero-order valence-electron chi connectivity index (χ0n) is 8.87. The van der Waals surface area contributed by atoms with Crippen molar-refractivity contribution in [3.63, 3.8) is 0 Å². The molecular weight excluding hydrogens is 195 g/mol. The van der Waals surface area contributed by atoms with Gasteiger partial charge in [0, 0.05) is 24.2 Å². The van der Waals surface area contributed by atoms with Gasteiger partial charge in [-0.05, 0) is 12.5 Å². The monoisotopic (exact) mass is 212 g/mol. The van der Waals surface area contributed by atoms with Crippen molar-refractivity contribution in [3.05, 3.63) is 29.6 Å². The van der Waals surface area contributed by atoms with Crippen molar-refractivity contribution in [2.24, 2.45) is 11.5 Å². The summed E-state index contributed by atoms with van der Waals surface area (Å²) in [6.45, 7) is 2.81. The quantitative estimate of drug-likeness (QED) is 0.778. The Morgan fingerprint density at radius 3 is 2.73 bits per heavy atom. The van der Waals surface area contributed by atoms with E-state index < -0.39 is 6.04 Å². The lowest BCUT2D eigenvalue weighted by molar-refractivity contribution is 0.315. The highest BCUT2D eigenvalue weighted by molar-refractivity contribution is 5.30. The molecule has 0 heterocycles. The van der Waals surface area contributed by atoms with Gasteiger partial charge < -0.3 is 16.2 Å². The number of benzene rings is 1. The molecule has 4 heteroatoms. The molecule has 1 rings (SSSR count). The topological polar surface area (TPSA) is 61.3 Å². The molecule has 1 unspecified atom stereocenters. The molecule has 15 heavy (non-hydrogen) atoms. The molecule has 0 radical (unpaired) electrons. The second-order valence-corrected chi connectivity index (χ2v) is 3.37. The van der Waals surface area contributed by atoms with Gasteiger partial charge in [-0.2, -0.15) is 0 Å². The van der Waals surface area contributed by atoms with Gasteiger partial charge in [-0.3, -0.25) is 0 Å². The van der Waals surface area contributed by atoms with Crippen LogP contribution in [0.2, 0.25) is 0 Å². The third-order valence-corrected chi connectivity index (χ3v) is 2.10. The molecule has 0 amide bonds. The van der Waals surface area contributed by atoms with Crippen LogP contribution >= 0.6 is 0 Å². The lowest BCUT2D eigenvalue weighted by atomic mass is 10.1. The van der Waals surface area contributed by atoms with Gasteiger partial charge in [0.15, 0.2) is 0 Å². The summed E-state index contributed by atoms with van der Waals surface area (Å²) >= 11 is 0. The van der Waals surface area contributed by atoms with E-state index in [1.54, 1.807) is 12.1 Å². The molecule has 1 aromatic carbocycles. The molecule has 0 aliphatic rings. The average Bonchev–Trinajstić information content (AvgIpc) is 2.25. The van der Waals surface area contributed by atoms with Crippen molar-refractivity contribution in [1.29, 1.82) is 0 Å². The van der Waals surface area contributed by atoms with Crippen molar-refractivity contribution in [2.45, 2.75) is 19.4 Å². The minimum absolute atomic E-state index is 0.228. The Kier molecular flexibility index (Phi) is 4.52. The number of rotatable bonds is 5. The fraction of sp³-hybridized carbons (Fsp3) is 0.455. The van der Waals surface area contributed by atoms with Gasteiger partial charge in [0.1, 0.15) is 11.6 Å². The molecule has 1 aromatic rings. The van der Waals surface area contributed by atoms with Crippen molar-refractivity contribution < 1.29 is 9.13 Å². The van der Waals surface area contributed by atoms with Crippen LogP contribution in [0.5, 0.6) is 5.75 Å². The molecule has 0 bridgehead atoms. The highest BCUT2D eigenvalue weighted by atomic mass is 19.1. The Labute approximate surface area is 89.2 Å². The SMILES string of the molecule is CCCOc1ccc(C(N)CN)c(F)c1. The number of hydrogen-bond donors (Lipinski definition) is 2. The van der Waals surface area contributed by atoms with Crippen molar-refractivity contribution in [1.82, 2.24) is 0 Å². The Bertz CT molecular complexity index is 317. The minimum atomic E-state index is -0.453. The predicted octanol–water partition coefficient (Wildman–Crippen LogP) is 1.57. The van der Waals surface area contributed by atoms with Crippen LogP contribution in [0.4, 0.5) is 4.39 Å². The Morgan fingerprint density at radius 2 is 2.20 bits per heavy atom. The Hall–Kier alpha value is -1.13. The molecule has 0 spiro atoms. The van der Waals surface area contributed by atoms with Gasteiger partial charge in [0.05, 0.1) is 6.61 Å². The predicted molar refractivity (Wildman–Crippen MR) is 58.2 cm³/mol. The lowest BCUT2D eigenvalue weighted by Gasteiger charge is -2.11. The zero-order chi connectivity index (χ0) is 11.3.